The normalized spacial score (nSPS) is 28.2. The molecule has 1 saturated carbocycles. The molecule has 8 nitrogen and oxygen atoms in total. The molecule has 4 aliphatic rings. The third-order valence-corrected chi connectivity index (χ3v) is 7.99. The lowest BCUT2D eigenvalue weighted by Gasteiger charge is -2.23. The number of hydrogen-bond acceptors (Lipinski definition) is 5. The van der Waals surface area contributed by atoms with Crippen LogP contribution in [-0.2, 0) is 19.1 Å². The minimum Gasteiger partial charge on any atom is -0.481 e. The highest BCUT2D eigenvalue weighted by molar-refractivity contribution is 5.83. The Balaban J connectivity index is 0.967. The summed E-state index contributed by atoms with van der Waals surface area (Å²) in [6, 6.07) is 16.4. The molecule has 2 heterocycles. The van der Waals surface area contributed by atoms with Crippen LogP contribution < -0.4 is 5.32 Å². The SMILES string of the molecule is O=C(NCC1CCC(C(=O)N2C[C@@H]3C(C(=O)O)[C@@H]3C2)O1)OCC1c2ccccc2-c2ccccc21. The van der Waals surface area contributed by atoms with Crippen LogP contribution in [0.3, 0.4) is 0 Å². The van der Waals surface area contributed by atoms with Gasteiger partial charge in [-0.05, 0) is 46.9 Å². The zero-order chi connectivity index (χ0) is 24.1. The fourth-order valence-corrected chi connectivity index (χ4v) is 6.16. The number of nitrogens with zero attached hydrogens (tertiary/aromatic N) is 1. The molecule has 182 valence electrons. The molecule has 2 N–H and O–H groups in total. The lowest BCUT2D eigenvalue weighted by atomic mass is 9.98. The molecule has 3 fully saturated rings. The molecular formula is C27H28N2O6. The van der Waals surface area contributed by atoms with Crippen molar-refractivity contribution in [3.63, 3.8) is 0 Å². The highest BCUT2D eigenvalue weighted by atomic mass is 16.5. The Morgan fingerprint density at radius 3 is 2.23 bits per heavy atom. The molecular weight excluding hydrogens is 448 g/mol. The van der Waals surface area contributed by atoms with Crippen molar-refractivity contribution in [1.29, 1.82) is 0 Å². The maximum Gasteiger partial charge on any atom is 0.407 e. The first-order chi connectivity index (χ1) is 17.0. The number of carbonyl (C=O) groups is 3. The van der Waals surface area contributed by atoms with E-state index >= 15 is 0 Å². The first kappa shape index (κ1) is 22.1. The predicted molar refractivity (Wildman–Crippen MR) is 126 cm³/mol. The third kappa shape index (κ3) is 3.95. The zero-order valence-electron chi connectivity index (χ0n) is 19.3. The van der Waals surface area contributed by atoms with Crippen molar-refractivity contribution in [3.05, 3.63) is 59.7 Å². The first-order valence-electron chi connectivity index (χ1n) is 12.3. The number of alkyl carbamates (subject to hydrolysis) is 1. The van der Waals surface area contributed by atoms with E-state index in [0.29, 0.717) is 25.9 Å². The summed E-state index contributed by atoms with van der Waals surface area (Å²) in [5.41, 5.74) is 4.69. The smallest absolute Gasteiger partial charge is 0.407 e. The van der Waals surface area contributed by atoms with E-state index in [9.17, 15) is 14.4 Å². The van der Waals surface area contributed by atoms with Crippen LogP contribution in [-0.4, -0.2) is 66.4 Å². The van der Waals surface area contributed by atoms with Crippen LogP contribution in [0.2, 0.25) is 0 Å². The summed E-state index contributed by atoms with van der Waals surface area (Å²) in [6.07, 6.45) is 0.0192. The van der Waals surface area contributed by atoms with Crippen LogP contribution >= 0.6 is 0 Å². The summed E-state index contributed by atoms with van der Waals surface area (Å²) >= 11 is 0. The van der Waals surface area contributed by atoms with Gasteiger partial charge in [-0.1, -0.05) is 48.5 Å². The third-order valence-electron chi connectivity index (χ3n) is 7.99. The van der Waals surface area contributed by atoms with Gasteiger partial charge in [0.1, 0.15) is 12.7 Å². The van der Waals surface area contributed by atoms with Gasteiger partial charge in [0.15, 0.2) is 0 Å². The molecule has 2 aliphatic heterocycles. The van der Waals surface area contributed by atoms with Gasteiger partial charge in [0, 0.05) is 25.6 Å². The molecule has 2 aromatic rings. The van der Waals surface area contributed by atoms with Gasteiger partial charge in [-0.2, -0.15) is 0 Å². The second-order valence-corrected chi connectivity index (χ2v) is 9.97. The van der Waals surface area contributed by atoms with E-state index in [1.807, 2.05) is 24.3 Å². The van der Waals surface area contributed by atoms with Crippen LogP contribution in [0.4, 0.5) is 4.79 Å². The Bertz CT molecular complexity index is 1120. The molecule has 6 rings (SSSR count). The molecule has 2 amide bonds. The second-order valence-electron chi connectivity index (χ2n) is 9.97. The van der Waals surface area contributed by atoms with Gasteiger partial charge in [0.05, 0.1) is 12.0 Å². The number of piperidine rings is 1. The van der Waals surface area contributed by atoms with Gasteiger partial charge in [0.25, 0.3) is 5.91 Å². The van der Waals surface area contributed by atoms with Crippen LogP contribution in [0, 0.1) is 17.8 Å². The molecule has 0 radical (unpaired) electrons. The van der Waals surface area contributed by atoms with Gasteiger partial charge in [-0.3, -0.25) is 9.59 Å². The first-order valence-corrected chi connectivity index (χ1v) is 12.3. The standard InChI is InChI=1S/C27H28N2O6/c30-25(29-12-20-21(13-29)24(20)26(31)32)23-10-9-15(35-23)11-28-27(33)34-14-22-18-7-3-1-5-16(18)17-6-2-4-8-19(17)22/h1-8,15,20-24H,9-14H2,(H,28,33)(H,31,32)/t15?,20-,21+,23?,24?. The van der Waals surface area contributed by atoms with E-state index in [1.165, 1.54) is 11.1 Å². The number of likely N-dealkylation sites (tertiary alicyclic amines) is 1. The number of carboxylic acids is 1. The average molecular weight is 477 g/mol. The summed E-state index contributed by atoms with van der Waals surface area (Å²) in [7, 11) is 0. The van der Waals surface area contributed by atoms with Crippen molar-refractivity contribution < 1.29 is 29.0 Å². The van der Waals surface area contributed by atoms with E-state index in [-0.39, 0.29) is 48.8 Å². The molecule has 2 aromatic carbocycles. The molecule has 8 heteroatoms. The minimum atomic E-state index is -0.761. The van der Waals surface area contributed by atoms with E-state index in [4.69, 9.17) is 14.6 Å². The van der Waals surface area contributed by atoms with E-state index < -0.39 is 18.2 Å². The van der Waals surface area contributed by atoms with Gasteiger partial charge >= 0.3 is 12.1 Å². The van der Waals surface area contributed by atoms with Gasteiger partial charge in [-0.25, -0.2) is 4.79 Å². The molecule has 0 spiro atoms. The number of benzene rings is 2. The number of fused-ring (bicyclic) bond motifs is 4. The monoisotopic (exact) mass is 476 g/mol. The van der Waals surface area contributed by atoms with Crippen molar-refractivity contribution in [1.82, 2.24) is 10.2 Å². The highest BCUT2D eigenvalue weighted by Gasteiger charge is 2.61. The number of aliphatic carboxylic acids is 1. The topological polar surface area (TPSA) is 105 Å². The summed E-state index contributed by atoms with van der Waals surface area (Å²) in [5, 5.41) is 11.9. The van der Waals surface area contributed by atoms with Crippen molar-refractivity contribution in [2.24, 2.45) is 17.8 Å². The maximum absolute atomic E-state index is 12.8. The van der Waals surface area contributed by atoms with Crippen LogP contribution in [0.5, 0.6) is 0 Å². The van der Waals surface area contributed by atoms with Gasteiger partial charge in [0.2, 0.25) is 0 Å². The lowest BCUT2D eigenvalue weighted by molar-refractivity contribution is -0.145. The summed E-state index contributed by atoms with van der Waals surface area (Å²) in [6.45, 7) is 1.54. The van der Waals surface area contributed by atoms with E-state index in [1.54, 1.807) is 4.90 Å². The largest absolute Gasteiger partial charge is 0.481 e. The Morgan fingerprint density at radius 2 is 1.60 bits per heavy atom. The molecule has 0 aromatic heterocycles. The van der Waals surface area contributed by atoms with Crippen LogP contribution in [0.25, 0.3) is 11.1 Å². The number of hydrogen-bond donors (Lipinski definition) is 2. The Kier molecular flexibility index (Phi) is 5.48. The lowest BCUT2D eigenvalue weighted by Crippen LogP contribution is -2.40. The average Bonchev–Trinajstić information content (AvgIpc) is 3.23. The Labute approximate surface area is 203 Å². The summed E-state index contributed by atoms with van der Waals surface area (Å²) in [5.74, 6) is -0.940. The van der Waals surface area contributed by atoms with Crippen LogP contribution in [0.15, 0.2) is 48.5 Å². The highest BCUT2D eigenvalue weighted by Crippen LogP contribution is 2.52. The summed E-state index contributed by atoms with van der Waals surface area (Å²) < 4.78 is 11.5. The number of amides is 2. The predicted octanol–water partition coefficient (Wildman–Crippen LogP) is 2.86. The van der Waals surface area contributed by atoms with Gasteiger partial charge < -0.3 is 24.8 Å². The van der Waals surface area contributed by atoms with Crippen molar-refractivity contribution in [2.75, 3.05) is 26.2 Å². The molecule has 2 aliphatic carbocycles. The number of nitrogens with one attached hydrogen (secondary N) is 1. The molecule has 5 atom stereocenters. The Morgan fingerprint density at radius 1 is 0.971 bits per heavy atom. The van der Waals surface area contributed by atoms with Crippen molar-refractivity contribution >= 4 is 18.0 Å². The molecule has 2 saturated heterocycles. The van der Waals surface area contributed by atoms with Crippen molar-refractivity contribution in [3.8, 4) is 11.1 Å². The van der Waals surface area contributed by atoms with E-state index in [2.05, 4.69) is 29.6 Å². The molecule has 3 unspecified atom stereocenters. The number of ether oxygens (including phenoxy) is 2. The Hall–Kier alpha value is -3.39. The minimum absolute atomic E-state index is 0.00489. The summed E-state index contributed by atoms with van der Waals surface area (Å²) in [4.78, 5) is 38.1. The second kappa shape index (κ2) is 8.68. The van der Waals surface area contributed by atoms with Crippen LogP contribution in [0.1, 0.15) is 29.9 Å². The molecule has 35 heavy (non-hydrogen) atoms. The van der Waals surface area contributed by atoms with Gasteiger partial charge in [-0.15, -0.1) is 0 Å². The quantitative estimate of drug-likeness (QED) is 0.664. The number of carbonyl (C=O) groups excluding carboxylic acids is 2. The fraction of sp³-hybridized carbons (Fsp3) is 0.444. The van der Waals surface area contributed by atoms with Crippen molar-refractivity contribution in [2.45, 2.75) is 31.0 Å². The maximum atomic E-state index is 12.8. The number of carboxylic acid groups (broad SMARTS) is 1. The zero-order valence-corrected chi connectivity index (χ0v) is 19.3. The van der Waals surface area contributed by atoms with E-state index in [0.717, 1.165) is 11.1 Å². The molecule has 0 bridgehead atoms. The number of rotatable bonds is 6. The fourth-order valence-electron chi connectivity index (χ4n) is 6.16.